The second-order valence-corrected chi connectivity index (χ2v) is 11.2. The fourth-order valence-electron chi connectivity index (χ4n) is 5.10. The first-order chi connectivity index (χ1) is 19.3. The number of halogens is 1. The molecule has 2 N–H and O–H groups in total. The number of hydrogen-bond donors (Lipinski definition) is 2. The number of rotatable bonds is 9. The summed E-state index contributed by atoms with van der Waals surface area (Å²) in [6.07, 6.45) is -0.252. The van der Waals surface area contributed by atoms with E-state index in [0.717, 1.165) is 37.6 Å². The SMILES string of the molecule is CC(C)c1ccc(Cn2c(C(=O)NCc3cccc(-c4ccccc4)c3)c(CC(=O)O)c3cc(Br)ccc32)cc1. The molecule has 1 heterocycles. The number of carbonyl (C=O) groups is 2. The lowest BCUT2D eigenvalue weighted by atomic mass is 10.0. The molecule has 0 aliphatic carbocycles. The third kappa shape index (κ3) is 6.02. The van der Waals surface area contributed by atoms with Crippen LogP contribution >= 0.6 is 15.9 Å². The van der Waals surface area contributed by atoms with Crippen LogP contribution in [0, 0.1) is 0 Å². The second-order valence-electron chi connectivity index (χ2n) is 10.3. The van der Waals surface area contributed by atoms with E-state index in [1.165, 1.54) is 5.56 Å². The Morgan fingerprint density at radius 2 is 1.57 bits per heavy atom. The Bertz CT molecular complexity index is 1670. The number of hydrogen-bond acceptors (Lipinski definition) is 2. The highest BCUT2D eigenvalue weighted by Gasteiger charge is 2.25. The van der Waals surface area contributed by atoms with E-state index in [-0.39, 0.29) is 12.3 Å². The van der Waals surface area contributed by atoms with Crippen LogP contribution in [0.25, 0.3) is 22.0 Å². The fraction of sp³-hybridized carbons (Fsp3) is 0.176. The van der Waals surface area contributed by atoms with Crippen molar-refractivity contribution in [3.05, 3.63) is 129 Å². The van der Waals surface area contributed by atoms with Gasteiger partial charge in [-0.15, -0.1) is 0 Å². The molecule has 4 aromatic carbocycles. The summed E-state index contributed by atoms with van der Waals surface area (Å²) >= 11 is 3.52. The Morgan fingerprint density at radius 1 is 0.850 bits per heavy atom. The molecule has 1 aromatic heterocycles. The van der Waals surface area contributed by atoms with Gasteiger partial charge >= 0.3 is 5.97 Å². The minimum atomic E-state index is -0.982. The number of carboxylic acids is 1. The molecule has 5 aromatic rings. The van der Waals surface area contributed by atoms with Gasteiger partial charge in [0.15, 0.2) is 0 Å². The van der Waals surface area contributed by atoms with Crippen LogP contribution in [-0.4, -0.2) is 21.6 Å². The van der Waals surface area contributed by atoms with Crippen molar-refractivity contribution in [1.29, 1.82) is 0 Å². The molecule has 0 radical (unpaired) electrons. The molecule has 0 spiro atoms. The van der Waals surface area contributed by atoms with Gasteiger partial charge in [0.05, 0.1) is 6.42 Å². The van der Waals surface area contributed by atoms with E-state index in [4.69, 9.17) is 0 Å². The van der Waals surface area contributed by atoms with Crippen molar-refractivity contribution in [3.63, 3.8) is 0 Å². The molecule has 202 valence electrons. The van der Waals surface area contributed by atoms with Gasteiger partial charge in [0.1, 0.15) is 5.69 Å². The molecule has 0 fully saturated rings. The van der Waals surface area contributed by atoms with Crippen LogP contribution in [0.4, 0.5) is 0 Å². The van der Waals surface area contributed by atoms with E-state index in [9.17, 15) is 14.7 Å². The van der Waals surface area contributed by atoms with Gasteiger partial charge in [0, 0.05) is 34.0 Å². The van der Waals surface area contributed by atoms with Crippen LogP contribution in [0.3, 0.4) is 0 Å². The normalized spacial score (nSPS) is 11.2. The van der Waals surface area contributed by atoms with E-state index in [2.05, 4.69) is 77.6 Å². The minimum absolute atomic E-state index is 0.252. The van der Waals surface area contributed by atoms with Crippen molar-refractivity contribution < 1.29 is 14.7 Å². The third-order valence-electron chi connectivity index (χ3n) is 7.15. The number of amides is 1. The van der Waals surface area contributed by atoms with Crippen molar-refractivity contribution in [1.82, 2.24) is 9.88 Å². The van der Waals surface area contributed by atoms with Crippen molar-refractivity contribution in [3.8, 4) is 11.1 Å². The molecule has 5 nitrogen and oxygen atoms in total. The van der Waals surface area contributed by atoms with Gasteiger partial charge in [-0.1, -0.05) is 103 Å². The molecule has 5 rings (SSSR count). The van der Waals surface area contributed by atoms with Crippen LogP contribution in [0.2, 0.25) is 0 Å². The first kappa shape index (κ1) is 27.4. The Morgan fingerprint density at radius 3 is 2.27 bits per heavy atom. The minimum Gasteiger partial charge on any atom is -0.481 e. The number of aromatic nitrogens is 1. The van der Waals surface area contributed by atoms with E-state index >= 15 is 0 Å². The molecule has 0 unspecified atom stereocenters. The summed E-state index contributed by atoms with van der Waals surface area (Å²) in [6.45, 7) is 5.08. The summed E-state index contributed by atoms with van der Waals surface area (Å²) in [5, 5.41) is 13.6. The van der Waals surface area contributed by atoms with Crippen LogP contribution in [0.15, 0.2) is 102 Å². The smallest absolute Gasteiger partial charge is 0.307 e. The molecular formula is C34H31BrN2O3. The molecule has 0 saturated heterocycles. The maximum atomic E-state index is 13.8. The highest BCUT2D eigenvalue weighted by Crippen LogP contribution is 2.31. The summed E-state index contributed by atoms with van der Waals surface area (Å²) in [7, 11) is 0. The number of carboxylic acid groups (broad SMARTS) is 1. The quantitative estimate of drug-likeness (QED) is 0.183. The number of nitrogens with one attached hydrogen (secondary N) is 1. The molecule has 6 heteroatoms. The van der Waals surface area contributed by atoms with Crippen molar-refractivity contribution in [2.75, 3.05) is 0 Å². The number of fused-ring (bicyclic) bond motifs is 1. The van der Waals surface area contributed by atoms with E-state index in [1.807, 2.05) is 59.2 Å². The largest absolute Gasteiger partial charge is 0.481 e. The number of benzene rings is 4. The van der Waals surface area contributed by atoms with Gasteiger partial charge < -0.3 is 15.0 Å². The molecular weight excluding hydrogens is 564 g/mol. The standard InChI is InChI=1S/C34H31BrN2O3/c1-22(2)25-13-11-23(12-14-25)21-37-31-16-15-28(35)18-29(31)30(19-32(38)39)33(37)34(40)36-20-24-7-6-10-27(17-24)26-8-4-3-5-9-26/h3-18,22H,19-21H2,1-2H3,(H,36,40)(H,38,39). The zero-order chi connectivity index (χ0) is 28.2. The van der Waals surface area contributed by atoms with Crippen molar-refractivity contribution in [2.45, 2.75) is 39.3 Å². The van der Waals surface area contributed by atoms with Gasteiger partial charge in [0.25, 0.3) is 5.91 Å². The lowest BCUT2D eigenvalue weighted by molar-refractivity contribution is -0.136. The van der Waals surface area contributed by atoms with Crippen LogP contribution < -0.4 is 5.32 Å². The molecule has 0 atom stereocenters. The van der Waals surface area contributed by atoms with E-state index in [0.29, 0.717) is 30.3 Å². The van der Waals surface area contributed by atoms with Gasteiger partial charge in [0.2, 0.25) is 0 Å². The summed E-state index contributed by atoms with van der Waals surface area (Å²) < 4.78 is 2.77. The van der Waals surface area contributed by atoms with Gasteiger partial charge in [-0.3, -0.25) is 9.59 Å². The number of nitrogens with zero attached hydrogens (tertiary/aromatic N) is 1. The van der Waals surface area contributed by atoms with Crippen LogP contribution in [0.1, 0.15) is 52.5 Å². The molecule has 40 heavy (non-hydrogen) atoms. The predicted octanol–water partition coefficient (Wildman–Crippen LogP) is 7.80. The summed E-state index contributed by atoms with van der Waals surface area (Å²) in [5.41, 5.74) is 7.13. The molecule has 0 saturated carbocycles. The number of carbonyl (C=O) groups excluding carboxylic acids is 1. The summed E-state index contributed by atoms with van der Waals surface area (Å²) in [6, 6.07) is 32.3. The Labute approximate surface area is 242 Å². The zero-order valence-corrected chi connectivity index (χ0v) is 24.1. The molecule has 0 bridgehead atoms. The van der Waals surface area contributed by atoms with E-state index in [1.54, 1.807) is 0 Å². The van der Waals surface area contributed by atoms with Crippen LogP contribution in [0.5, 0.6) is 0 Å². The fourth-order valence-corrected chi connectivity index (χ4v) is 5.46. The Balaban J connectivity index is 1.51. The topological polar surface area (TPSA) is 71.3 Å². The average molecular weight is 596 g/mol. The first-order valence-electron chi connectivity index (χ1n) is 13.3. The molecule has 0 aliphatic heterocycles. The van der Waals surface area contributed by atoms with Gasteiger partial charge in [-0.05, 0) is 58.0 Å². The Hall–Kier alpha value is -4.16. The van der Waals surface area contributed by atoms with Crippen LogP contribution in [-0.2, 0) is 24.3 Å². The molecule has 1 amide bonds. The van der Waals surface area contributed by atoms with Gasteiger partial charge in [-0.25, -0.2) is 0 Å². The lowest BCUT2D eigenvalue weighted by Crippen LogP contribution is -2.27. The first-order valence-corrected chi connectivity index (χ1v) is 14.1. The maximum Gasteiger partial charge on any atom is 0.307 e. The second kappa shape index (κ2) is 11.9. The lowest BCUT2D eigenvalue weighted by Gasteiger charge is -2.14. The zero-order valence-electron chi connectivity index (χ0n) is 22.5. The number of aliphatic carboxylic acids is 1. The monoisotopic (exact) mass is 594 g/mol. The predicted molar refractivity (Wildman–Crippen MR) is 164 cm³/mol. The van der Waals surface area contributed by atoms with Crippen molar-refractivity contribution >= 4 is 38.7 Å². The summed E-state index contributed by atoms with van der Waals surface area (Å²) in [4.78, 5) is 25.8. The summed E-state index contributed by atoms with van der Waals surface area (Å²) in [5.74, 6) is -0.861. The highest BCUT2D eigenvalue weighted by molar-refractivity contribution is 9.10. The third-order valence-corrected chi connectivity index (χ3v) is 7.64. The van der Waals surface area contributed by atoms with Gasteiger partial charge in [-0.2, -0.15) is 0 Å². The maximum absolute atomic E-state index is 13.8. The highest BCUT2D eigenvalue weighted by atomic mass is 79.9. The molecule has 0 aliphatic rings. The average Bonchev–Trinajstić information content (AvgIpc) is 3.24. The Kier molecular flexibility index (Phi) is 8.17. The van der Waals surface area contributed by atoms with Crippen molar-refractivity contribution in [2.24, 2.45) is 0 Å². The van der Waals surface area contributed by atoms with E-state index < -0.39 is 5.97 Å².